The predicted octanol–water partition coefficient (Wildman–Crippen LogP) is 3.98. The van der Waals surface area contributed by atoms with Crippen molar-refractivity contribution in [3.05, 3.63) is 29.3 Å². The molecule has 3 aliphatic carbocycles. The molecule has 138 valence electrons. The third-order valence-corrected chi connectivity index (χ3v) is 7.69. The summed E-state index contributed by atoms with van der Waals surface area (Å²) in [7, 11) is 0. The molecule has 0 aromatic heterocycles. The summed E-state index contributed by atoms with van der Waals surface area (Å²) in [5, 5.41) is 22.6. The number of benzene rings is 1. The van der Waals surface area contributed by atoms with Gasteiger partial charge in [0.15, 0.2) is 0 Å². The van der Waals surface area contributed by atoms with Gasteiger partial charge in [0.25, 0.3) is 0 Å². The molecular weight excluding hydrogens is 310 g/mol. The van der Waals surface area contributed by atoms with Crippen LogP contribution in [-0.4, -0.2) is 29.4 Å². The fraction of sp³-hybridized carbons (Fsp3) is 0.727. The largest absolute Gasteiger partial charge is 0.508 e. The molecular formula is C22H33NO2. The monoisotopic (exact) mass is 343 g/mol. The van der Waals surface area contributed by atoms with Crippen molar-refractivity contribution in [2.75, 3.05) is 13.2 Å². The van der Waals surface area contributed by atoms with E-state index in [1.165, 1.54) is 43.2 Å². The van der Waals surface area contributed by atoms with Gasteiger partial charge in [-0.1, -0.05) is 13.0 Å². The lowest BCUT2D eigenvalue weighted by Crippen LogP contribution is -2.48. The maximum Gasteiger partial charge on any atom is 0.115 e. The van der Waals surface area contributed by atoms with Crippen LogP contribution < -0.4 is 5.32 Å². The second kappa shape index (κ2) is 6.92. The number of fused-ring (bicyclic) bond motifs is 5. The van der Waals surface area contributed by atoms with Crippen molar-refractivity contribution in [1.82, 2.24) is 5.32 Å². The molecule has 1 aromatic carbocycles. The van der Waals surface area contributed by atoms with Gasteiger partial charge in [0.05, 0.1) is 0 Å². The molecule has 0 unspecified atom stereocenters. The molecule has 0 bridgehead atoms. The smallest absolute Gasteiger partial charge is 0.115 e. The number of unbranched alkanes of at least 4 members (excludes halogenated alkanes) is 1. The Morgan fingerprint density at radius 2 is 2.04 bits per heavy atom. The standard InChI is InChI=1S/C22H33NO2/c1-22-11-10-18-17-7-5-16(25)14-15(17)4-6-19(18)20(22)8-9-21(22)23-12-2-3-13-24/h5,7,14,18-21,23-25H,2-4,6,8-13H2,1H3/t18-,19-,20+,21+,22+/m1/s1. The van der Waals surface area contributed by atoms with Crippen LogP contribution in [0.4, 0.5) is 0 Å². The highest BCUT2D eigenvalue weighted by Crippen LogP contribution is 2.60. The van der Waals surface area contributed by atoms with Gasteiger partial charge in [-0.3, -0.25) is 0 Å². The topological polar surface area (TPSA) is 52.5 Å². The maximum absolute atomic E-state index is 9.81. The number of aliphatic hydroxyl groups is 1. The SMILES string of the molecule is C[C@]12CC[C@@H]3c4ccc(O)cc4CC[C@H]3[C@@H]1CC[C@@H]2NCCCCO. The van der Waals surface area contributed by atoms with Crippen LogP contribution in [0.25, 0.3) is 0 Å². The fourth-order valence-electron chi connectivity index (χ4n) is 6.42. The van der Waals surface area contributed by atoms with E-state index in [2.05, 4.69) is 18.3 Å². The van der Waals surface area contributed by atoms with Gasteiger partial charge in [-0.2, -0.15) is 0 Å². The Bertz CT molecular complexity index is 616. The van der Waals surface area contributed by atoms with Crippen LogP contribution in [0, 0.1) is 17.3 Å². The van der Waals surface area contributed by atoms with E-state index in [1.54, 1.807) is 0 Å². The van der Waals surface area contributed by atoms with Crippen LogP contribution in [0.1, 0.15) is 68.9 Å². The first kappa shape index (κ1) is 17.4. The lowest BCUT2D eigenvalue weighted by Gasteiger charge is -2.51. The van der Waals surface area contributed by atoms with Crippen LogP contribution in [0.15, 0.2) is 18.2 Å². The molecule has 0 amide bonds. The fourth-order valence-corrected chi connectivity index (χ4v) is 6.42. The minimum Gasteiger partial charge on any atom is -0.508 e. The minimum atomic E-state index is 0.310. The van der Waals surface area contributed by atoms with Crippen LogP contribution in [0.5, 0.6) is 5.75 Å². The van der Waals surface area contributed by atoms with E-state index in [4.69, 9.17) is 5.11 Å². The van der Waals surface area contributed by atoms with Crippen molar-refractivity contribution in [2.24, 2.45) is 17.3 Å². The van der Waals surface area contributed by atoms with E-state index < -0.39 is 0 Å². The number of aliphatic hydroxyl groups excluding tert-OH is 1. The van der Waals surface area contributed by atoms with Crippen molar-refractivity contribution in [3.63, 3.8) is 0 Å². The molecule has 2 fully saturated rings. The summed E-state index contributed by atoms with van der Waals surface area (Å²) in [4.78, 5) is 0. The Morgan fingerprint density at radius 1 is 1.16 bits per heavy atom. The van der Waals surface area contributed by atoms with Crippen molar-refractivity contribution in [3.8, 4) is 5.75 Å². The highest BCUT2D eigenvalue weighted by Gasteiger charge is 2.54. The van der Waals surface area contributed by atoms with Crippen LogP contribution in [0.2, 0.25) is 0 Å². The van der Waals surface area contributed by atoms with Crippen molar-refractivity contribution in [2.45, 2.75) is 70.3 Å². The van der Waals surface area contributed by atoms with Crippen LogP contribution in [-0.2, 0) is 6.42 Å². The molecule has 1 aromatic rings. The normalized spacial score (nSPS) is 36.6. The molecule has 2 saturated carbocycles. The highest BCUT2D eigenvalue weighted by atomic mass is 16.3. The third-order valence-electron chi connectivity index (χ3n) is 7.69. The first-order chi connectivity index (χ1) is 12.1. The van der Waals surface area contributed by atoms with Gasteiger partial charge in [-0.05, 0) is 104 Å². The van der Waals surface area contributed by atoms with E-state index in [9.17, 15) is 5.11 Å². The summed E-state index contributed by atoms with van der Waals surface area (Å²) in [5.41, 5.74) is 3.35. The van der Waals surface area contributed by atoms with Crippen molar-refractivity contribution >= 4 is 0 Å². The summed E-state index contributed by atoms with van der Waals surface area (Å²) in [6.07, 6.45) is 9.70. The summed E-state index contributed by atoms with van der Waals surface area (Å²) in [5.74, 6) is 2.78. The Labute approximate surface area is 151 Å². The number of rotatable bonds is 5. The number of nitrogens with one attached hydrogen (secondary N) is 1. The zero-order valence-electron chi connectivity index (χ0n) is 15.5. The number of phenolic OH excluding ortho intramolecular Hbond substituents is 1. The number of hydrogen-bond acceptors (Lipinski definition) is 3. The Morgan fingerprint density at radius 3 is 2.88 bits per heavy atom. The molecule has 0 spiro atoms. The van der Waals surface area contributed by atoms with Gasteiger partial charge < -0.3 is 15.5 Å². The highest BCUT2D eigenvalue weighted by molar-refractivity contribution is 5.40. The third kappa shape index (κ3) is 3.00. The van der Waals surface area contributed by atoms with Gasteiger partial charge in [-0.25, -0.2) is 0 Å². The molecule has 5 atom stereocenters. The number of aromatic hydroxyl groups is 1. The van der Waals surface area contributed by atoms with Crippen molar-refractivity contribution in [1.29, 1.82) is 0 Å². The molecule has 4 rings (SSSR count). The summed E-state index contributed by atoms with van der Waals surface area (Å²) in [6, 6.07) is 6.73. The Kier molecular flexibility index (Phi) is 4.81. The summed E-state index contributed by atoms with van der Waals surface area (Å²) >= 11 is 0. The lowest BCUT2D eigenvalue weighted by atomic mass is 9.55. The zero-order chi connectivity index (χ0) is 17.4. The van der Waals surface area contributed by atoms with Crippen molar-refractivity contribution < 1.29 is 10.2 Å². The first-order valence-corrected chi connectivity index (χ1v) is 10.3. The van der Waals surface area contributed by atoms with E-state index in [0.717, 1.165) is 37.6 Å². The van der Waals surface area contributed by atoms with Gasteiger partial charge in [0.1, 0.15) is 5.75 Å². The zero-order valence-corrected chi connectivity index (χ0v) is 15.5. The van der Waals surface area contributed by atoms with E-state index in [0.29, 0.717) is 29.7 Å². The maximum atomic E-state index is 9.81. The Hall–Kier alpha value is -1.06. The second-order valence-electron chi connectivity index (χ2n) is 8.86. The molecule has 0 heterocycles. The van der Waals surface area contributed by atoms with E-state index in [1.807, 2.05) is 12.1 Å². The molecule has 0 radical (unpaired) electrons. The summed E-state index contributed by atoms with van der Waals surface area (Å²) in [6.45, 7) is 3.89. The number of aryl methyl sites for hydroxylation is 1. The van der Waals surface area contributed by atoms with Gasteiger partial charge >= 0.3 is 0 Å². The Balaban J connectivity index is 1.49. The molecule has 25 heavy (non-hydrogen) atoms. The number of hydrogen-bond donors (Lipinski definition) is 3. The molecule has 0 aliphatic heterocycles. The van der Waals surface area contributed by atoms with Gasteiger partial charge in [-0.15, -0.1) is 0 Å². The first-order valence-electron chi connectivity index (χ1n) is 10.3. The van der Waals surface area contributed by atoms with Crippen LogP contribution in [0.3, 0.4) is 0 Å². The average Bonchev–Trinajstić information content (AvgIpc) is 2.95. The second-order valence-corrected chi connectivity index (χ2v) is 8.86. The molecule has 3 heteroatoms. The molecule has 0 saturated heterocycles. The number of phenols is 1. The summed E-state index contributed by atoms with van der Waals surface area (Å²) < 4.78 is 0. The molecule has 3 N–H and O–H groups in total. The van der Waals surface area contributed by atoms with Crippen LogP contribution >= 0.6 is 0 Å². The van der Waals surface area contributed by atoms with Gasteiger partial charge in [0, 0.05) is 12.6 Å². The molecule has 3 nitrogen and oxygen atoms in total. The van der Waals surface area contributed by atoms with Gasteiger partial charge in [0.2, 0.25) is 0 Å². The molecule has 3 aliphatic rings. The predicted molar refractivity (Wildman–Crippen MR) is 101 cm³/mol. The lowest BCUT2D eigenvalue weighted by molar-refractivity contribution is 0.0411. The van der Waals surface area contributed by atoms with E-state index in [-0.39, 0.29) is 0 Å². The minimum absolute atomic E-state index is 0.310. The quantitative estimate of drug-likeness (QED) is 0.709. The van der Waals surface area contributed by atoms with E-state index >= 15 is 0 Å². The average molecular weight is 344 g/mol.